The zero-order valence-electron chi connectivity index (χ0n) is 12.3. The highest BCUT2D eigenvalue weighted by Crippen LogP contribution is 2.27. The van der Waals surface area contributed by atoms with Crippen molar-refractivity contribution in [2.24, 2.45) is 0 Å². The van der Waals surface area contributed by atoms with Crippen molar-refractivity contribution >= 4 is 19.9 Å². The molecule has 0 saturated carbocycles. The van der Waals surface area contributed by atoms with Crippen molar-refractivity contribution in [1.82, 2.24) is 4.31 Å². The molecule has 0 N–H and O–H groups in total. The first-order valence-corrected chi connectivity index (χ1v) is 10.2. The zero-order chi connectivity index (χ0) is 16.5. The zero-order valence-corrected chi connectivity index (χ0v) is 14.0. The SMILES string of the molecule is CCOc1ccc(S(=O)(=O)N2CC[C@H](S(C)(=O)=O)C2)cc1F. The molecule has 2 rings (SSSR count). The summed E-state index contributed by atoms with van der Waals surface area (Å²) in [5.74, 6) is -0.779. The third-order valence-electron chi connectivity index (χ3n) is 3.55. The van der Waals surface area contributed by atoms with Gasteiger partial charge < -0.3 is 4.74 Å². The second-order valence-corrected chi connectivity index (χ2v) is 9.39. The van der Waals surface area contributed by atoms with Gasteiger partial charge in [0.25, 0.3) is 0 Å². The number of hydrogen-bond donors (Lipinski definition) is 0. The molecule has 1 aliphatic heterocycles. The second kappa shape index (κ2) is 6.13. The molecule has 0 bridgehead atoms. The van der Waals surface area contributed by atoms with Crippen molar-refractivity contribution in [2.45, 2.75) is 23.5 Å². The molecule has 1 heterocycles. The van der Waals surface area contributed by atoms with E-state index in [4.69, 9.17) is 4.74 Å². The van der Waals surface area contributed by atoms with Crippen molar-refractivity contribution in [3.8, 4) is 5.75 Å². The summed E-state index contributed by atoms with van der Waals surface area (Å²) in [6.07, 6.45) is 1.34. The van der Waals surface area contributed by atoms with Crippen molar-refractivity contribution in [3.05, 3.63) is 24.0 Å². The summed E-state index contributed by atoms with van der Waals surface area (Å²) in [5.41, 5.74) is 0. The van der Waals surface area contributed by atoms with Gasteiger partial charge in [0.15, 0.2) is 21.4 Å². The van der Waals surface area contributed by atoms with Crippen LogP contribution in [-0.2, 0) is 19.9 Å². The van der Waals surface area contributed by atoms with Crippen molar-refractivity contribution in [1.29, 1.82) is 0 Å². The van der Waals surface area contributed by atoms with Crippen LogP contribution in [0.15, 0.2) is 23.1 Å². The van der Waals surface area contributed by atoms with Crippen molar-refractivity contribution in [2.75, 3.05) is 26.0 Å². The molecular weight excluding hydrogens is 333 g/mol. The number of nitrogens with zero attached hydrogens (tertiary/aromatic N) is 1. The van der Waals surface area contributed by atoms with Gasteiger partial charge in [0, 0.05) is 19.3 Å². The Morgan fingerprint density at radius 2 is 2.00 bits per heavy atom. The molecule has 0 amide bonds. The molecule has 9 heteroatoms. The molecule has 124 valence electrons. The van der Waals surface area contributed by atoms with E-state index < -0.39 is 30.9 Å². The molecule has 6 nitrogen and oxygen atoms in total. The Morgan fingerprint density at radius 3 is 2.50 bits per heavy atom. The quantitative estimate of drug-likeness (QED) is 0.791. The summed E-state index contributed by atoms with van der Waals surface area (Å²) in [6.45, 7) is 1.97. The van der Waals surface area contributed by atoms with Gasteiger partial charge in [0.05, 0.1) is 16.8 Å². The number of sulfonamides is 1. The summed E-state index contributed by atoms with van der Waals surface area (Å²) in [5, 5.41) is -0.713. The van der Waals surface area contributed by atoms with Gasteiger partial charge in [-0.05, 0) is 31.5 Å². The Labute approximate surface area is 129 Å². The highest BCUT2D eigenvalue weighted by molar-refractivity contribution is 7.91. The average Bonchev–Trinajstić information content (AvgIpc) is 2.91. The van der Waals surface area contributed by atoms with Crippen LogP contribution in [-0.4, -0.2) is 52.3 Å². The molecule has 0 spiro atoms. The second-order valence-electron chi connectivity index (χ2n) is 5.13. The van der Waals surface area contributed by atoms with Gasteiger partial charge in [-0.1, -0.05) is 0 Å². The minimum Gasteiger partial charge on any atom is -0.491 e. The molecule has 22 heavy (non-hydrogen) atoms. The first kappa shape index (κ1) is 17.2. The number of hydrogen-bond acceptors (Lipinski definition) is 5. The van der Waals surface area contributed by atoms with Gasteiger partial charge in [-0.15, -0.1) is 0 Å². The van der Waals surface area contributed by atoms with Crippen LogP contribution in [0.4, 0.5) is 4.39 Å². The van der Waals surface area contributed by atoms with E-state index in [1.807, 2.05) is 0 Å². The van der Waals surface area contributed by atoms with Crippen LogP contribution >= 0.6 is 0 Å². The molecule has 1 atom stereocenters. The molecule has 1 aliphatic rings. The van der Waals surface area contributed by atoms with Crippen LogP contribution in [0.2, 0.25) is 0 Å². The minimum atomic E-state index is -3.91. The molecule has 0 radical (unpaired) electrons. The van der Waals surface area contributed by atoms with E-state index in [9.17, 15) is 21.2 Å². The van der Waals surface area contributed by atoms with Crippen LogP contribution in [0.3, 0.4) is 0 Å². The predicted molar refractivity (Wildman–Crippen MR) is 79.6 cm³/mol. The smallest absolute Gasteiger partial charge is 0.243 e. The van der Waals surface area contributed by atoms with Gasteiger partial charge in [0.1, 0.15) is 0 Å². The molecule has 1 aromatic rings. The van der Waals surface area contributed by atoms with E-state index in [2.05, 4.69) is 0 Å². The standard InChI is InChI=1S/C13H18FNO5S2/c1-3-20-13-5-4-10(8-12(13)14)22(18,19)15-7-6-11(9-15)21(2,16)17/h4-5,8,11H,3,6-7,9H2,1-2H3/t11-/m0/s1. The first-order valence-electron chi connectivity index (χ1n) is 6.77. The third-order valence-corrected chi connectivity index (χ3v) is 7.01. The topological polar surface area (TPSA) is 80.8 Å². The van der Waals surface area contributed by atoms with E-state index >= 15 is 0 Å². The molecule has 0 aromatic heterocycles. The number of rotatable bonds is 5. The third kappa shape index (κ3) is 3.41. The van der Waals surface area contributed by atoms with Crippen LogP contribution in [0.5, 0.6) is 5.75 Å². The Kier molecular flexibility index (Phi) is 4.78. The fourth-order valence-corrected chi connectivity index (χ4v) is 4.92. The van der Waals surface area contributed by atoms with Gasteiger partial charge >= 0.3 is 0 Å². The van der Waals surface area contributed by atoms with Gasteiger partial charge in [0.2, 0.25) is 10.0 Å². The maximum Gasteiger partial charge on any atom is 0.243 e. The maximum atomic E-state index is 13.8. The monoisotopic (exact) mass is 351 g/mol. The van der Waals surface area contributed by atoms with Crippen molar-refractivity contribution in [3.63, 3.8) is 0 Å². The minimum absolute atomic E-state index is 0.0168. The Hall–Kier alpha value is -1.19. The van der Waals surface area contributed by atoms with E-state index in [0.717, 1.165) is 16.6 Å². The lowest BCUT2D eigenvalue weighted by Gasteiger charge is -2.17. The molecule has 1 fully saturated rings. The molecule has 1 saturated heterocycles. The van der Waals surface area contributed by atoms with Gasteiger partial charge in [-0.25, -0.2) is 21.2 Å². The van der Waals surface area contributed by atoms with Gasteiger partial charge in [-0.2, -0.15) is 4.31 Å². The number of halogens is 1. The first-order chi connectivity index (χ1) is 10.2. The van der Waals surface area contributed by atoms with E-state index in [0.29, 0.717) is 0 Å². The van der Waals surface area contributed by atoms with E-state index in [1.54, 1.807) is 6.92 Å². The lowest BCUT2D eigenvalue weighted by atomic mass is 10.3. The Morgan fingerprint density at radius 1 is 1.32 bits per heavy atom. The van der Waals surface area contributed by atoms with Crippen LogP contribution in [0.25, 0.3) is 0 Å². The van der Waals surface area contributed by atoms with Gasteiger partial charge in [-0.3, -0.25) is 0 Å². The fourth-order valence-electron chi connectivity index (χ4n) is 2.33. The highest BCUT2D eigenvalue weighted by Gasteiger charge is 2.37. The van der Waals surface area contributed by atoms with E-state index in [-0.39, 0.29) is 36.8 Å². The number of benzene rings is 1. The Bertz CT molecular complexity index is 761. The van der Waals surface area contributed by atoms with Crippen LogP contribution in [0, 0.1) is 5.82 Å². The largest absolute Gasteiger partial charge is 0.491 e. The molecule has 0 unspecified atom stereocenters. The number of sulfone groups is 1. The normalized spacial score (nSPS) is 20.2. The average molecular weight is 351 g/mol. The number of ether oxygens (including phenoxy) is 1. The van der Waals surface area contributed by atoms with E-state index in [1.165, 1.54) is 12.1 Å². The summed E-state index contributed by atoms with van der Waals surface area (Å²) < 4.78 is 67.9. The van der Waals surface area contributed by atoms with Crippen molar-refractivity contribution < 1.29 is 26.0 Å². The lowest BCUT2D eigenvalue weighted by Crippen LogP contribution is -2.31. The Balaban J connectivity index is 2.27. The molecule has 0 aliphatic carbocycles. The summed E-state index contributed by atoms with van der Waals surface area (Å²) in [7, 11) is -7.21. The summed E-state index contributed by atoms with van der Waals surface area (Å²) >= 11 is 0. The van der Waals surface area contributed by atoms with Crippen LogP contribution < -0.4 is 4.74 Å². The predicted octanol–water partition coefficient (Wildman–Crippen LogP) is 1.03. The molecule has 1 aromatic carbocycles. The fraction of sp³-hybridized carbons (Fsp3) is 0.538. The maximum absolute atomic E-state index is 13.8. The highest BCUT2D eigenvalue weighted by atomic mass is 32.2. The van der Waals surface area contributed by atoms with Crippen LogP contribution in [0.1, 0.15) is 13.3 Å². The molecular formula is C13H18FNO5S2. The summed E-state index contributed by atoms with van der Waals surface area (Å²) in [6, 6.07) is 3.42. The summed E-state index contributed by atoms with van der Waals surface area (Å²) in [4.78, 5) is -0.206. The lowest BCUT2D eigenvalue weighted by molar-refractivity contribution is 0.321.